The fourth-order valence-corrected chi connectivity index (χ4v) is 3.24. The molecule has 2 aromatic rings. The van der Waals surface area contributed by atoms with Crippen LogP contribution in [0.4, 0.5) is 0 Å². The van der Waals surface area contributed by atoms with E-state index in [9.17, 15) is 0 Å². The zero-order valence-corrected chi connectivity index (χ0v) is 13.5. The molecule has 1 aliphatic heterocycles. The molecule has 1 heterocycles. The van der Waals surface area contributed by atoms with E-state index < -0.39 is 0 Å². The predicted molar refractivity (Wildman–Crippen MR) is 89.8 cm³/mol. The summed E-state index contributed by atoms with van der Waals surface area (Å²) in [5, 5.41) is 0. The minimum Gasteiger partial charge on any atom is -0.490 e. The first-order valence-corrected chi connectivity index (χ1v) is 8.51. The van der Waals surface area contributed by atoms with Crippen molar-refractivity contribution < 1.29 is 14.2 Å². The highest BCUT2D eigenvalue weighted by Crippen LogP contribution is 2.35. The molecule has 1 aliphatic rings. The second kappa shape index (κ2) is 7.56. The number of hydrogen-bond acceptors (Lipinski definition) is 4. The van der Waals surface area contributed by atoms with Gasteiger partial charge in [-0.05, 0) is 42.3 Å². The number of hydrogen-bond donors (Lipinski definition) is 0. The van der Waals surface area contributed by atoms with E-state index in [1.807, 2.05) is 42.1 Å². The van der Waals surface area contributed by atoms with Crippen LogP contribution < -0.4 is 9.47 Å². The molecule has 0 radical (unpaired) electrons. The molecule has 4 heteroatoms. The van der Waals surface area contributed by atoms with Crippen molar-refractivity contribution in [3.05, 3.63) is 59.7 Å². The maximum atomic E-state index is 5.70. The molecule has 3 rings (SSSR count). The van der Waals surface area contributed by atoms with Crippen LogP contribution in [0.5, 0.6) is 11.5 Å². The number of benzene rings is 2. The van der Waals surface area contributed by atoms with Gasteiger partial charge >= 0.3 is 0 Å². The number of thioether (sulfide) groups is 1. The fraction of sp³-hybridized carbons (Fsp3) is 0.333. The Bertz CT molecular complexity index is 592. The summed E-state index contributed by atoms with van der Waals surface area (Å²) >= 11 is 1.84. The van der Waals surface area contributed by atoms with Gasteiger partial charge in [0.1, 0.15) is 30.1 Å². The molecule has 3 nitrogen and oxygen atoms in total. The summed E-state index contributed by atoms with van der Waals surface area (Å²) in [6.07, 6.45) is 0. The van der Waals surface area contributed by atoms with Crippen LogP contribution in [0.3, 0.4) is 0 Å². The maximum Gasteiger partial charge on any atom is 0.128 e. The lowest BCUT2D eigenvalue weighted by atomic mass is 10.2. The topological polar surface area (TPSA) is 27.7 Å². The minimum absolute atomic E-state index is 0.179. The highest BCUT2D eigenvalue weighted by atomic mass is 32.2. The van der Waals surface area contributed by atoms with Gasteiger partial charge in [0.05, 0.1) is 6.61 Å². The Hall–Kier alpha value is -1.65. The zero-order valence-electron chi connectivity index (χ0n) is 12.7. The summed E-state index contributed by atoms with van der Waals surface area (Å²) in [5.74, 6) is 2.81. The van der Waals surface area contributed by atoms with E-state index in [1.54, 1.807) is 0 Å². The Kier molecular flexibility index (Phi) is 5.24. The Morgan fingerprint density at radius 2 is 1.82 bits per heavy atom. The molecule has 0 spiro atoms. The monoisotopic (exact) mass is 316 g/mol. The van der Waals surface area contributed by atoms with E-state index in [2.05, 4.69) is 25.1 Å². The second-order valence-corrected chi connectivity index (χ2v) is 6.33. The highest BCUT2D eigenvalue weighted by molar-refractivity contribution is 7.99. The van der Waals surface area contributed by atoms with Gasteiger partial charge in [-0.1, -0.05) is 24.3 Å². The van der Waals surface area contributed by atoms with Crippen molar-refractivity contribution in [2.24, 2.45) is 0 Å². The van der Waals surface area contributed by atoms with Crippen LogP contribution in [0.15, 0.2) is 48.5 Å². The third-order valence-corrected chi connectivity index (χ3v) is 4.50. The summed E-state index contributed by atoms with van der Waals surface area (Å²) in [6.45, 7) is 3.95. The molecule has 1 fully saturated rings. The molecule has 0 saturated carbocycles. The quantitative estimate of drug-likeness (QED) is 0.746. The average molecular weight is 316 g/mol. The van der Waals surface area contributed by atoms with Gasteiger partial charge in [0.15, 0.2) is 0 Å². The largest absolute Gasteiger partial charge is 0.490 e. The van der Waals surface area contributed by atoms with Crippen molar-refractivity contribution in [3.8, 4) is 11.5 Å². The van der Waals surface area contributed by atoms with Crippen LogP contribution >= 0.6 is 11.8 Å². The summed E-state index contributed by atoms with van der Waals surface area (Å²) < 4.78 is 17.0. The van der Waals surface area contributed by atoms with Gasteiger partial charge in [0.2, 0.25) is 0 Å². The van der Waals surface area contributed by atoms with Gasteiger partial charge in [0, 0.05) is 5.75 Å². The molecule has 1 unspecified atom stereocenters. The molecule has 0 aliphatic carbocycles. The number of aryl methyl sites for hydroxylation is 1. The lowest BCUT2D eigenvalue weighted by Gasteiger charge is -2.11. The van der Waals surface area contributed by atoms with Crippen molar-refractivity contribution in [3.63, 3.8) is 0 Å². The lowest BCUT2D eigenvalue weighted by molar-refractivity contribution is 0.145. The van der Waals surface area contributed by atoms with E-state index in [4.69, 9.17) is 14.2 Å². The Labute approximate surface area is 135 Å². The van der Waals surface area contributed by atoms with Gasteiger partial charge in [-0.2, -0.15) is 0 Å². The van der Waals surface area contributed by atoms with Crippen molar-refractivity contribution >= 4 is 11.8 Å². The molecular formula is C18H20O3S. The van der Waals surface area contributed by atoms with Crippen molar-refractivity contribution in [2.45, 2.75) is 12.4 Å². The van der Waals surface area contributed by atoms with Crippen LogP contribution in [0.1, 0.15) is 16.6 Å². The Morgan fingerprint density at radius 3 is 2.50 bits per heavy atom. The van der Waals surface area contributed by atoms with E-state index >= 15 is 0 Å². The second-order valence-electron chi connectivity index (χ2n) is 5.16. The number of rotatable bonds is 6. The van der Waals surface area contributed by atoms with Crippen LogP contribution in [0, 0.1) is 6.92 Å². The van der Waals surface area contributed by atoms with Gasteiger partial charge in [-0.25, -0.2) is 0 Å². The SMILES string of the molecule is Cc1cccc(OCCOc2ccc(C3OCCS3)cc2)c1. The Morgan fingerprint density at radius 1 is 1.05 bits per heavy atom. The molecule has 1 atom stereocenters. The third kappa shape index (κ3) is 4.18. The molecule has 1 saturated heterocycles. The summed E-state index contributed by atoms with van der Waals surface area (Å²) in [4.78, 5) is 0. The predicted octanol–water partition coefficient (Wildman–Crippen LogP) is 4.21. The summed E-state index contributed by atoms with van der Waals surface area (Å²) in [6, 6.07) is 16.1. The standard InChI is InChI=1S/C18H20O3S/c1-14-3-2-4-17(13-14)20-10-9-19-16-7-5-15(6-8-16)18-21-11-12-22-18/h2-8,13,18H,9-12H2,1H3. The molecule has 0 N–H and O–H groups in total. The zero-order chi connectivity index (χ0) is 15.2. The van der Waals surface area contributed by atoms with Crippen LogP contribution in [-0.2, 0) is 4.74 Å². The van der Waals surface area contributed by atoms with Gasteiger partial charge in [0.25, 0.3) is 0 Å². The molecule has 0 aromatic heterocycles. The molecule has 2 aromatic carbocycles. The first-order chi connectivity index (χ1) is 10.8. The van der Waals surface area contributed by atoms with Gasteiger partial charge < -0.3 is 14.2 Å². The summed E-state index contributed by atoms with van der Waals surface area (Å²) in [7, 11) is 0. The van der Waals surface area contributed by atoms with E-state index in [0.717, 1.165) is 23.9 Å². The van der Waals surface area contributed by atoms with E-state index in [0.29, 0.717) is 13.2 Å². The van der Waals surface area contributed by atoms with Crippen molar-refractivity contribution in [2.75, 3.05) is 25.6 Å². The normalized spacial score (nSPS) is 17.4. The first-order valence-electron chi connectivity index (χ1n) is 7.47. The molecule has 0 amide bonds. The van der Waals surface area contributed by atoms with Crippen LogP contribution in [-0.4, -0.2) is 25.6 Å². The molecular weight excluding hydrogens is 296 g/mol. The van der Waals surface area contributed by atoms with Crippen LogP contribution in [0.25, 0.3) is 0 Å². The van der Waals surface area contributed by atoms with Crippen molar-refractivity contribution in [1.82, 2.24) is 0 Å². The smallest absolute Gasteiger partial charge is 0.128 e. The number of ether oxygens (including phenoxy) is 3. The van der Waals surface area contributed by atoms with E-state index in [1.165, 1.54) is 11.1 Å². The van der Waals surface area contributed by atoms with Crippen LogP contribution in [0.2, 0.25) is 0 Å². The van der Waals surface area contributed by atoms with Gasteiger partial charge in [-0.3, -0.25) is 0 Å². The average Bonchev–Trinajstić information content (AvgIpc) is 3.07. The molecule has 0 bridgehead atoms. The maximum absolute atomic E-state index is 5.70. The highest BCUT2D eigenvalue weighted by Gasteiger charge is 2.17. The molecule has 116 valence electrons. The Balaban J connectivity index is 1.43. The van der Waals surface area contributed by atoms with E-state index in [-0.39, 0.29) is 5.44 Å². The molecule has 22 heavy (non-hydrogen) atoms. The lowest BCUT2D eigenvalue weighted by Crippen LogP contribution is -2.09. The fourth-order valence-electron chi connectivity index (χ4n) is 2.30. The third-order valence-electron chi connectivity index (χ3n) is 3.38. The van der Waals surface area contributed by atoms with Crippen molar-refractivity contribution in [1.29, 1.82) is 0 Å². The summed E-state index contributed by atoms with van der Waals surface area (Å²) in [5.41, 5.74) is 2.57. The minimum atomic E-state index is 0.179. The first kappa shape index (κ1) is 15.3. The van der Waals surface area contributed by atoms with Gasteiger partial charge in [-0.15, -0.1) is 11.8 Å².